The molecule has 64 heavy (non-hydrogen) atoms. The van der Waals surface area contributed by atoms with Gasteiger partial charge in [0.25, 0.3) is 20.2 Å². The predicted molar refractivity (Wildman–Crippen MR) is 220 cm³/mol. The first-order valence-electron chi connectivity index (χ1n) is 16.5. The molecule has 0 radical (unpaired) electrons. The fourth-order valence-corrected chi connectivity index (χ4v) is 8.77. The second kappa shape index (κ2) is 22.6. The molecule has 1 heterocycles. The lowest BCUT2D eigenvalue weighted by atomic mass is 10.2. The summed E-state index contributed by atoms with van der Waals surface area (Å²) >= 11 is 0.300. The third kappa shape index (κ3) is 14.9. The molecule has 4 aromatic rings. The van der Waals surface area contributed by atoms with E-state index in [1.165, 1.54) is 24.3 Å². The molecule has 0 unspecified atom stereocenters. The molecular formula is C29H30N10O19S6. The molecule has 1 aromatic heterocycles. The number of nitrogens with one attached hydrogen (secondary N) is 1. The van der Waals surface area contributed by atoms with Crippen molar-refractivity contribution < 1.29 is 85.2 Å². The molecule has 1 amide bonds. The fraction of sp³-hybridized carbons (Fsp3) is 0.172. The lowest BCUT2D eigenvalue weighted by Gasteiger charge is -2.10. The minimum absolute atomic E-state index is 0.0587. The Morgan fingerprint density at radius 2 is 1.09 bits per heavy atom. The number of benzene rings is 3. The Labute approximate surface area is 369 Å². The molecule has 0 spiro atoms. The van der Waals surface area contributed by atoms with E-state index in [0.29, 0.717) is 6.07 Å². The largest absolute Gasteiger partial charge is 0.382 e. The van der Waals surface area contributed by atoms with Gasteiger partial charge >= 0.3 is 0 Å². The number of aromatic nitrogens is 1. The van der Waals surface area contributed by atoms with E-state index in [-0.39, 0.29) is 64.6 Å². The lowest BCUT2D eigenvalue weighted by molar-refractivity contribution is -0.434. The summed E-state index contributed by atoms with van der Waals surface area (Å²) in [5.41, 5.74) is 9.49. The maximum atomic E-state index is 12.7. The SMILES string of the molecule is CC(=O)Nc1cc(/N=N/c2cc(/N=N/c3ccc(S(=O)(=O)CCOSOOO)cc3S(=O)(=O)O)c(N)nc2N)c(S(=O)(=O)O)cc1/N=N/c1ccc(S(=O)(=O)CCOSOOO)cc1. The van der Waals surface area contributed by atoms with E-state index in [2.05, 4.69) is 59.7 Å². The number of nitrogens with two attached hydrogens (primary N) is 2. The van der Waals surface area contributed by atoms with Crippen LogP contribution in [0.15, 0.2) is 111 Å². The Kier molecular flexibility index (Phi) is 18.2. The average Bonchev–Trinajstić information content (AvgIpc) is 3.21. The van der Waals surface area contributed by atoms with Gasteiger partial charge in [0.1, 0.15) is 38.2 Å². The lowest BCUT2D eigenvalue weighted by Crippen LogP contribution is -2.12. The van der Waals surface area contributed by atoms with Gasteiger partial charge in [-0.05, 0) is 54.6 Å². The van der Waals surface area contributed by atoms with Crippen LogP contribution in [0, 0.1) is 0 Å². The zero-order valence-electron chi connectivity index (χ0n) is 31.7. The topological polar surface area (TPSA) is 441 Å². The molecule has 0 saturated heterocycles. The molecule has 0 saturated carbocycles. The Morgan fingerprint density at radius 1 is 0.625 bits per heavy atom. The molecule has 0 fully saturated rings. The van der Waals surface area contributed by atoms with Crippen LogP contribution < -0.4 is 16.8 Å². The molecule has 4 rings (SSSR count). The number of hydrogen-bond acceptors (Lipinski definition) is 28. The number of anilines is 3. The van der Waals surface area contributed by atoms with Gasteiger partial charge in [0.2, 0.25) is 5.91 Å². The highest BCUT2D eigenvalue weighted by molar-refractivity contribution is 7.92. The zero-order valence-corrected chi connectivity index (χ0v) is 36.6. The van der Waals surface area contributed by atoms with Crippen molar-refractivity contribution in [3.63, 3.8) is 0 Å². The van der Waals surface area contributed by atoms with Crippen LogP contribution in [-0.4, -0.2) is 88.9 Å². The number of azo groups is 3. The van der Waals surface area contributed by atoms with Crippen molar-refractivity contribution in [3.05, 3.63) is 60.7 Å². The Balaban J connectivity index is 1.66. The molecule has 0 aliphatic rings. The van der Waals surface area contributed by atoms with Crippen molar-refractivity contribution >= 4 is 122 Å². The summed E-state index contributed by atoms with van der Waals surface area (Å²) in [6, 6.07) is 10.1. The summed E-state index contributed by atoms with van der Waals surface area (Å²) in [6.45, 7) is 0.251. The van der Waals surface area contributed by atoms with Gasteiger partial charge in [-0.25, -0.2) is 32.3 Å². The monoisotopic (exact) mass is 1010 g/mol. The average molecular weight is 1020 g/mol. The molecule has 0 bridgehead atoms. The standard InChI is InChI=1S/C29H30N10O19S6/c1-16(40)32-21-13-23(27(64(50,51)52)15-22(21)36-34-17-2-4-18(5-3-17)61(43,44)10-8-53-59-57-55-41)37-39-25-14-24(28(30)33-29(25)31)38-35-20-7-6-19(12-26(20)63(47,48)49)62(45,46)11-9-54-60-58-56-42/h2-7,12-15,41-42H,8-11H2,1H3,(H,32,40)(H4,30,31,33)(H,47,48,49)(H,50,51,52)/b36-34+,38-35+,39-37+. The Bertz CT molecular complexity index is 2890. The number of sulfone groups is 2. The highest BCUT2D eigenvalue weighted by atomic mass is 32.2. The number of carbonyl (C=O) groups is 1. The van der Waals surface area contributed by atoms with Crippen LogP contribution in [0.5, 0.6) is 0 Å². The Hall–Kier alpha value is -5.22. The van der Waals surface area contributed by atoms with Crippen molar-refractivity contribution in [2.45, 2.75) is 26.5 Å². The molecule has 346 valence electrons. The van der Waals surface area contributed by atoms with E-state index < -0.39 is 102 Å². The van der Waals surface area contributed by atoms with Gasteiger partial charge in [0.15, 0.2) is 56.0 Å². The first-order valence-corrected chi connectivity index (χ1v) is 24.0. The molecule has 3 aromatic carbocycles. The van der Waals surface area contributed by atoms with Gasteiger partial charge < -0.3 is 16.8 Å². The number of hydrogen-bond donors (Lipinski definition) is 7. The molecule has 0 aliphatic heterocycles. The van der Waals surface area contributed by atoms with Crippen molar-refractivity contribution in [3.8, 4) is 0 Å². The summed E-state index contributed by atoms with van der Waals surface area (Å²) in [5.74, 6) is -2.70. The van der Waals surface area contributed by atoms with E-state index in [4.69, 9.17) is 30.3 Å². The van der Waals surface area contributed by atoms with Gasteiger partial charge in [-0.3, -0.25) is 22.3 Å². The molecule has 35 heteroatoms. The second-order valence-corrected chi connectivity index (χ2v) is 19.7. The van der Waals surface area contributed by atoms with Gasteiger partial charge in [-0.1, -0.05) is 10.1 Å². The molecule has 9 N–H and O–H groups in total. The summed E-state index contributed by atoms with van der Waals surface area (Å²) in [4.78, 5) is 13.3. The van der Waals surface area contributed by atoms with Crippen LogP contribution in [0.2, 0.25) is 0 Å². The van der Waals surface area contributed by atoms with Crippen LogP contribution >= 0.6 is 24.6 Å². The quantitative estimate of drug-likeness (QED) is 0.0120. The van der Waals surface area contributed by atoms with E-state index in [1.807, 2.05) is 0 Å². The molecule has 0 aliphatic carbocycles. The van der Waals surface area contributed by atoms with Gasteiger partial charge in [-0.15, -0.1) is 34.2 Å². The second-order valence-electron chi connectivity index (χ2n) is 11.7. The van der Waals surface area contributed by atoms with Crippen LogP contribution in [0.3, 0.4) is 0 Å². The number of nitrogen functional groups attached to an aromatic ring is 2. The van der Waals surface area contributed by atoms with E-state index in [0.717, 1.165) is 37.3 Å². The normalized spacial score (nSPS) is 12.8. The number of pyridine rings is 1. The predicted octanol–water partition coefficient (Wildman–Crippen LogP) is 5.49. The van der Waals surface area contributed by atoms with E-state index >= 15 is 0 Å². The van der Waals surface area contributed by atoms with Gasteiger partial charge in [-0.2, -0.15) is 21.9 Å². The first kappa shape index (κ1) is 51.4. The number of amides is 1. The highest BCUT2D eigenvalue weighted by Gasteiger charge is 2.24. The van der Waals surface area contributed by atoms with Crippen LogP contribution in [-0.2, 0) is 71.8 Å². The number of carbonyl (C=O) groups excluding carboxylic acids is 1. The minimum atomic E-state index is -5.14. The van der Waals surface area contributed by atoms with Crippen LogP contribution in [0.1, 0.15) is 6.92 Å². The highest BCUT2D eigenvalue weighted by Crippen LogP contribution is 2.39. The van der Waals surface area contributed by atoms with Crippen molar-refractivity contribution in [1.82, 2.24) is 4.98 Å². The zero-order chi connectivity index (χ0) is 47.3. The summed E-state index contributed by atoms with van der Waals surface area (Å²) < 4.78 is 137. The summed E-state index contributed by atoms with van der Waals surface area (Å²) in [7, 11) is -18.4. The smallest absolute Gasteiger partial charge is 0.296 e. The molecule has 29 nitrogen and oxygen atoms in total. The van der Waals surface area contributed by atoms with E-state index in [1.54, 1.807) is 0 Å². The van der Waals surface area contributed by atoms with Crippen molar-refractivity contribution in [1.29, 1.82) is 0 Å². The van der Waals surface area contributed by atoms with Gasteiger partial charge in [0, 0.05) is 13.0 Å². The van der Waals surface area contributed by atoms with Crippen LogP contribution in [0.25, 0.3) is 0 Å². The minimum Gasteiger partial charge on any atom is -0.382 e. The summed E-state index contributed by atoms with van der Waals surface area (Å²) in [6.07, 6.45) is 0. The number of nitrogens with zero attached hydrogens (tertiary/aromatic N) is 7. The maximum absolute atomic E-state index is 12.7. The Morgan fingerprint density at radius 3 is 1.61 bits per heavy atom. The van der Waals surface area contributed by atoms with Crippen molar-refractivity contribution in [2.75, 3.05) is 41.5 Å². The van der Waals surface area contributed by atoms with Gasteiger partial charge in [0.05, 0.1) is 45.9 Å². The van der Waals surface area contributed by atoms with Crippen LogP contribution in [0.4, 0.5) is 51.4 Å². The number of rotatable bonds is 23. The maximum Gasteiger partial charge on any atom is 0.296 e. The molecule has 0 atom stereocenters. The molecular weight excluding hydrogens is 985 g/mol. The third-order valence-electron chi connectivity index (χ3n) is 7.36. The van der Waals surface area contributed by atoms with Crippen molar-refractivity contribution in [2.24, 2.45) is 30.7 Å². The third-order valence-corrected chi connectivity index (χ3v) is 13.3. The summed E-state index contributed by atoms with van der Waals surface area (Å²) in [5, 5.41) is 48.3. The first-order chi connectivity index (χ1) is 30.1. The fourth-order valence-electron chi connectivity index (χ4n) is 4.58. The van der Waals surface area contributed by atoms with E-state index in [9.17, 15) is 47.6 Å².